The molecule has 1 aliphatic rings. The van der Waals surface area contributed by atoms with Gasteiger partial charge in [0, 0.05) is 31.9 Å². The molecule has 0 aromatic heterocycles. The molecule has 0 spiro atoms. The minimum absolute atomic E-state index is 0.0412. The molecule has 1 saturated heterocycles. The Morgan fingerprint density at radius 2 is 1.85 bits per heavy atom. The molecule has 1 aliphatic heterocycles. The van der Waals surface area contributed by atoms with Gasteiger partial charge in [0.05, 0.1) is 27.4 Å². The highest BCUT2D eigenvalue weighted by Gasteiger charge is 2.22. The average Bonchev–Trinajstić information content (AvgIpc) is 2.53. The summed E-state index contributed by atoms with van der Waals surface area (Å²) in [6, 6.07) is 5.37. The topological polar surface area (TPSA) is 51.2 Å². The summed E-state index contributed by atoms with van der Waals surface area (Å²) < 4.78 is 15.7. The number of hydrogen-bond donors (Lipinski definition) is 0. The van der Waals surface area contributed by atoms with Crippen LogP contribution >= 0.6 is 0 Å². The van der Waals surface area contributed by atoms with Gasteiger partial charge in [-0.15, -0.1) is 0 Å². The molecule has 0 atom stereocenters. The van der Waals surface area contributed by atoms with Gasteiger partial charge in [-0.2, -0.15) is 0 Å². The van der Waals surface area contributed by atoms with Crippen molar-refractivity contribution < 1.29 is 19.0 Å². The fourth-order valence-electron chi connectivity index (χ4n) is 2.11. The number of nitrogens with zero attached hydrogens (tertiary/aromatic N) is 2. The number of morpholine rings is 1. The van der Waals surface area contributed by atoms with Crippen molar-refractivity contribution in [3.8, 4) is 11.5 Å². The van der Waals surface area contributed by atoms with Gasteiger partial charge in [-0.05, 0) is 12.1 Å². The van der Waals surface area contributed by atoms with E-state index >= 15 is 0 Å². The predicted molar refractivity (Wildman–Crippen MR) is 75.7 cm³/mol. The molecule has 6 heteroatoms. The maximum atomic E-state index is 12.4. The Hall–Kier alpha value is -1.95. The zero-order chi connectivity index (χ0) is 14.5. The molecule has 20 heavy (non-hydrogen) atoms. The van der Waals surface area contributed by atoms with E-state index in [2.05, 4.69) is 0 Å². The predicted octanol–water partition coefficient (Wildman–Crippen LogP) is 1.59. The summed E-state index contributed by atoms with van der Waals surface area (Å²) in [6.45, 7) is 2.42. The molecule has 0 radical (unpaired) electrons. The molecule has 0 unspecified atom stereocenters. The SMILES string of the molecule is COc1ccc(N(C)C(=O)N2CCOCC2)cc1OC. The van der Waals surface area contributed by atoms with Crippen molar-refractivity contribution >= 4 is 11.7 Å². The lowest BCUT2D eigenvalue weighted by atomic mass is 10.2. The molecule has 1 heterocycles. The van der Waals surface area contributed by atoms with Crippen LogP contribution in [0.4, 0.5) is 10.5 Å². The fourth-order valence-corrected chi connectivity index (χ4v) is 2.11. The molecule has 0 saturated carbocycles. The van der Waals surface area contributed by atoms with Crippen LogP contribution in [-0.4, -0.2) is 58.5 Å². The van der Waals surface area contributed by atoms with E-state index in [0.717, 1.165) is 5.69 Å². The molecule has 0 aliphatic carbocycles. The van der Waals surface area contributed by atoms with E-state index < -0.39 is 0 Å². The lowest BCUT2D eigenvalue weighted by Crippen LogP contribution is -2.47. The van der Waals surface area contributed by atoms with Gasteiger partial charge in [-0.3, -0.25) is 4.90 Å². The Bertz CT molecular complexity index is 472. The first-order valence-electron chi connectivity index (χ1n) is 6.49. The number of rotatable bonds is 3. The molecule has 0 N–H and O–H groups in total. The fraction of sp³-hybridized carbons (Fsp3) is 0.500. The summed E-state index contributed by atoms with van der Waals surface area (Å²) in [5, 5.41) is 0. The van der Waals surface area contributed by atoms with Crippen LogP contribution in [0, 0.1) is 0 Å². The maximum absolute atomic E-state index is 12.4. The Labute approximate surface area is 118 Å². The number of ether oxygens (including phenoxy) is 3. The zero-order valence-electron chi connectivity index (χ0n) is 12.1. The van der Waals surface area contributed by atoms with Crippen LogP contribution < -0.4 is 14.4 Å². The van der Waals surface area contributed by atoms with Crippen molar-refractivity contribution in [2.75, 3.05) is 52.5 Å². The lowest BCUT2D eigenvalue weighted by molar-refractivity contribution is 0.0551. The summed E-state index contributed by atoms with van der Waals surface area (Å²) in [7, 11) is 4.91. The van der Waals surface area contributed by atoms with Gasteiger partial charge in [-0.1, -0.05) is 0 Å². The first kappa shape index (κ1) is 14.5. The second-order valence-electron chi connectivity index (χ2n) is 4.48. The highest BCUT2D eigenvalue weighted by Crippen LogP contribution is 2.31. The Morgan fingerprint density at radius 3 is 2.45 bits per heavy atom. The van der Waals surface area contributed by atoms with Gasteiger partial charge >= 0.3 is 6.03 Å². The zero-order valence-corrected chi connectivity index (χ0v) is 12.1. The molecule has 2 amide bonds. The maximum Gasteiger partial charge on any atom is 0.324 e. The Kier molecular flexibility index (Phi) is 4.68. The van der Waals surface area contributed by atoms with Crippen LogP contribution in [0.2, 0.25) is 0 Å². The monoisotopic (exact) mass is 280 g/mol. The van der Waals surface area contributed by atoms with Crippen molar-refractivity contribution in [3.63, 3.8) is 0 Å². The van der Waals surface area contributed by atoms with E-state index in [1.807, 2.05) is 6.07 Å². The Morgan fingerprint density at radius 1 is 1.20 bits per heavy atom. The van der Waals surface area contributed by atoms with E-state index in [1.54, 1.807) is 43.2 Å². The summed E-state index contributed by atoms with van der Waals surface area (Å²) >= 11 is 0. The highest BCUT2D eigenvalue weighted by atomic mass is 16.5. The number of anilines is 1. The van der Waals surface area contributed by atoms with Gasteiger partial charge in [0.1, 0.15) is 0 Å². The second kappa shape index (κ2) is 6.47. The lowest BCUT2D eigenvalue weighted by Gasteiger charge is -2.31. The van der Waals surface area contributed by atoms with E-state index in [1.165, 1.54) is 0 Å². The van der Waals surface area contributed by atoms with Crippen molar-refractivity contribution in [1.29, 1.82) is 0 Å². The van der Waals surface area contributed by atoms with Crippen molar-refractivity contribution in [2.24, 2.45) is 0 Å². The van der Waals surface area contributed by atoms with Gasteiger partial charge in [0.2, 0.25) is 0 Å². The van der Waals surface area contributed by atoms with Crippen LogP contribution in [0.3, 0.4) is 0 Å². The first-order valence-corrected chi connectivity index (χ1v) is 6.49. The van der Waals surface area contributed by atoms with Gasteiger partial charge in [0.15, 0.2) is 11.5 Å². The van der Waals surface area contributed by atoms with E-state index in [9.17, 15) is 4.79 Å². The number of urea groups is 1. The molecule has 0 bridgehead atoms. The van der Waals surface area contributed by atoms with Gasteiger partial charge in [0.25, 0.3) is 0 Å². The first-order chi connectivity index (χ1) is 9.67. The average molecular weight is 280 g/mol. The summed E-state index contributed by atoms with van der Waals surface area (Å²) in [4.78, 5) is 15.8. The number of carbonyl (C=O) groups excluding carboxylic acids is 1. The molecular weight excluding hydrogens is 260 g/mol. The van der Waals surface area contributed by atoms with E-state index in [0.29, 0.717) is 37.8 Å². The Balaban J connectivity index is 2.15. The summed E-state index contributed by atoms with van der Waals surface area (Å²) in [5.41, 5.74) is 0.763. The number of hydrogen-bond acceptors (Lipinski definition) is 4. The largest absolute Gasteiger partial charge is 0.493 e. The second-order valence-corrected chi connectivity index (χ2v) is 4.48. The van der Waals surface area contributed by atoms with Crippen LogP contribution in [0.5, 0.6) is 11.5 Å². The quantitative estimate of drug-likeness (QED) is 0.843. The third kappa shape index (κ3) is 2.96. The number of carbonyl (C=O) groups is 1. The third-order valence-corrected chi connectivity index (χ3v) is 3.32. The van der Waals surface area contributed by atoms with Crippen molar-refractivity contribution in [1.82, 2.24) is 4.90 Å². The smallest absolute Gasteiger partial charge is 0.324 e. The standard InChI is InChI=1S/C14H20N2O4/c1-15(14(17)16-6-8-20-9-7-16)11-4-5-12(18-2)13(10-11)19-3/h4-5,10H,6-9H2,1-3H3. The molecule has 1 aromatic rings. The van der Waals surface area contributed by atoms with Crippen molar-refractivity contribution in [2.45, 2.75) is 0 Å². The number of amides is 2. The normalized spacial score (nSPS) is 14.8. The molecule has 110 valence electrons. The molecule has 2 rings (SSSR count). The summed E-state index contributed by atoms with van der Waals surface area (Å²) in [5.74, 6) is 1.25. The molecule has 6 nitrogen and oxygen atoms in total. The third-order valence-electron chi connectivity index (χ3n) is 3.32. The van der Waals surface area contributed by atoms with Gasteiger partial charge < -0.3 is 19.1 Å². The van der Waals surface area contributed by atoms with Crippen LogP contribution in [-0.2, 0) is 4.74 Å². The van der Waals surface area contributed by atoms with E-state index in [-0.39, 0.29) is 6.03 Å². The molecule has 1 aromatic carbocycles. The van der Waals surface area contributed by atoms with Crippen LogP contribution in [0.15, 0.2) is 18.2 Å². The van der Waals surface area contributed by atoms with E-state index in [4.69, 9.17) is 14.2 Å². The van der Waals surface area contributed by atoms with Crippen molar-refractivity contribution in [3.05, 3.63) is 18.2 Å². The number of methoxy groups -OCH3 is 2. The molecular formula is C14H20N2O4. The minimum Gasteiger partial charge on any atom is -0.493 e. The highest BCUT2D eigenvalue weighted by molar-refractivity contribution is 5.91. The number of benzene rings is 1. The molecule has 1 fully saturated rings. The summed E-state index contributed by atoms with van der Waals surface area (Å²) in [6.07, 6.45) is 0. The van der Waals surface area contributed by atoms with Gasteiger partial charge in [-0.25, -0.2) is 4.79 Å². The minimum atomic E-state index is -0.0412. The van der Waals surface area contributed by atoms with Crippen LogP contribution in [0.1, 0.15) is 0 Å². The van der Waals surface area contributed by atoms with Crippen LogP contribution in [0.25, 0.3) is 0 Å².